The number of hydrogen-bond donors (Lipinski definition) is 3. The van der Waals surface area contributed by atoms with E-state index in [-0.39, 0.29) is 12.2 Å². The van der Waals surface area contributed by atoms with Crippen LogP contribution in [0.1, 0.15) is 18.2 Å². The van der Waals surface area contributed by atoms with Gasteiger partial charge >= 0.3 is 0 Å². The van der Waals surface area contributed by atoms with E-state index in [2.05, 4.69) is 20.3 Å². The number of nitrogens with zero attached hydrogens (tertiary/aromatic N) is 3. The van der Waals surface area contributed by atoms with Crippen LogP contribution in [0.5, 0.6) is 0 Å². The number of imidazole rings is 1. The zero-order valence-electron chi connectivity index (χ0n) is 10.4. The maximum atomic E-state index is 9.95. The highest BCUT2D eigenvalue weighted by molar-refractivity contribution is 8.13. The fourth-order valence-electron chi connectivity index (χ4n) is 1.91. The molecule has 7 nitrogen and oxygen atoms in total. The number of aromatic nitrogens is 2. The Hall–Kier alpha value is -1.56. The number of ether oxygens (including phenoxy) is 1. The number of thioether (sulfide) groups is 1. The van der Waals surface area contributed by atoms with Gasteiger partial charge in [-0.1, -0.05) is 11.8 Å². The van der Waals surface area contributed by atoms with Gasteiger partial charge in [0.05, 0.1) is 30.9 Å². The number of aromatic amines is 1. The standard InChI is InChI=1S/C11H15N5O2S/c1-19-11(15-5-12)14-4-10-8(17)2-9(18-10)7-3-13-6-16-7/h3,6,8-10,17H,2,4H2,1H3,(H,13,16)(H,14,15)/t8-,9+,10+/m0/s1. The zero-order chi connectivity index (χ0) is 13.7. The third-order valence-electron chi connectivity index (χ3n) is 2.86. The Bertz CT molecular complexity index is 470. The lowest BCUT2D eigenvalue weighted by molar-refractivity contribution is 0.0146. The minimum absolute atomic E-state index is 0.181. The van der Waals surface area contributed by atoms with Crippen molar-refractivity contribution < 1.29 is 9.84 Å². The Morgan fingerprint density at radius 3 is 3.32 bits per heavy atom. The van der Waals surface area contributed by atoms with E-state index < -0.39 is 6.10 Å². The predicted octanol–water partition coefficient (Wildman–Crippen LogP) is 0.390. The molecule has 2 rings (SSSR count). The molecule has 8 heteroatoms. The number of aliphatic hydroxyl groups excluding tert-OH is 1. The van der Waals surface area contributed by atoms with E-state index in [4.69, 9.17) is 10.00 Å². The molecular formula is C11H15N5O2S. The third kappa shape index (κ3) is 3.47. The summed E-state index contributed by atoms with van der Waals surface area (Å²) < 4.78 is 5.74. The third-order valence-corrected chi connectivity index (χ3v) is 3.48. The van der Waals surface area contributed by atoms with E-state index in [1.54, 1.807) is 12.5 Å². The van der Waals surface area contributed by atoms with Crippen molar-refractivity contribution in [3.05, 3.63) is 18.2 Å². The van der Waals surface area contributed by atoms with Crippen LogP contribution < -0.4 is 5.32 Å². The van der Waals surface area contributed by atoms with Crippen LogP contribution >= 0.6 is 11.8 Å². The summed E-state index contributed by atoms with van der Waals surface area (Å²) in [5.74, 6) is 0. The van der Waals surface area contributed by atoms with Crippen LogP contribution in [-0.2, 0) is 4.74 Å². The molecular weight excluding hydrogens is 266 g/mol. The van der Waals surface area contributed by atoms with Crippen molar-refractivity contribution in [2.75, 3.05) is 12.8 Å². The maximum Gasteiger partial charge on any atom is 0.183 e. The van der Waals surface area contributed by atoms with Crippen LogP contribution in [0.15, 0.2) is 17.5 Å². The van der Waals surface area contributed by atoms with Crippen LogP contribution in [0.3, 0.4) is 0 Å². The van der Waals surface area contributed by atoms with Crippen molar-refractivity contribution in [3.63, 3.8) is 0 Å². The Morgan fingerprint density at radius 1 is 1.84 bits per heavy atom. The van der Waals surface area contributed by atoms with Gasteiger partial charge < -0.3 is 14.8 Å². The molecule has 1 aromatic rings. The fraction of sp³-hybridized carbons (Fsp3) is 0.545. The highest BCUT2D eigenvalue weighted by Crippen LogP contribution is 2.31. The summed E-state index contributed by atoms with van der Waals surface area (Å²) in [4.78, 5) is 11.1. The first-order valence-electron chi connectivity index (χ1n) is 5.80. The summed E-state index contributed by atoms with van der Waals surface area (Å²) in [6.07, 6.45) is 6.31. The van der Waals surface area contributed by atoms with Gasteiger partial charge in [-0.05, 0) is 6.26 Å². The summed E-state index contributed by atoms with van der Waals surface area (Å²) >= 11 is 1.34. The summed E-state index contributed by atoms with van der Waals surface area (Å²) in [6.45, 7) is 0.316. The molecule has 0 radical (unpaired) electrons. The number of amidine groups is 1. The number of rotatable bonds is 3. The summed E-state index contributed by atoms with van der Waals surface area (Å²) in [6, 6.07) is 0. The van der Waals surface area contributed by atoms with E-state index >= 15 is 0 Å². The minimum Gasteiger partial charge on any atom is -0.390 e. The summed E-state index contributed by atoms with van der Waals surface area (Å²) in [7, 11) is 0. The van der Waals surface area contributed by atoms with Crippen molar-refractivity contribution in [2.45, 2.75) is 24.7 Å². The molecule has 0 saturated carbocycles. The SMILES string of the molecule is CSC(=NC[C@H]1O[C@@H](c2cnc[nH]2)C[C@@H]1O)NC#N. The van der Waals surface area contributed by atoms with Gasteiger partial charge in [-0.2, -0.15) is 5.26 Å². The first kappa shape index (κ1) is 13.9. The highest BCUT2D eigenvalue weighted by Gasteiger charge is 2.35. The monoisotopic (exact) mass is 281 g/mol. The number of aliphatic hydroxyl groups is 1. The molecule has 1 saturated heterocycles. The van der Waals surface area contributed by atoms with Crippen LogP contribution in [0, 0.1) is 11.5 Å². The van der Waals surface area contributed by atoms with Crippen LogP contribution in [0.2, 0.25) is 0 Å². The number of aliphatic imine (C=N–C) groups is 1. The number of nitriles is 1. The molecule has 3 N–H and O–H groups in total. The van der Waals surface area contributed by atoms with E-state index in [1.165, 1.54) is 11.8 Å². The topological polar surface area (TPSA) is 106 Å². The van der Waals surface area contributed by atoms with E-state index in [1.807, 2.05) is 12.4 Å². The van der Waals surface area contributed by atoms with Crippen molar-refractivity contribution >= 4 is 16.9 Å². The Balaban J connectivity index is 1.93. The highest BCUT2D eigenvalue weighted by atomic mass is 32.2. The molecule has 102 valence electrons. The first-order chi connectivity index (χ1) is 9.24. The number of hydrogen-bond acceptors (Lipinski definition) is 6. The molecule has 0 aliphatic carbocycles. The summed E-state index contributed by atoms with van der Waals surface area (Å²) in [5, 5.41) is 21.5. The quantitative estimate of drug-likeness (QED) is 0.320. The Kier molecular flexibility index (Phi) is 4.79. The first-order valence-corrected chi connectivity index (χ1v) is 7.02. The molecule has 1 aliphatic rings. The molecule has 0 aromatic carbocycles. The van der Waals surface area contributed by atoms with Gasteiger partial charge in [-0.25, -0.2) is 4.98 Å². The van der Waals surface area contributed by atoms with E-state index in [9.17, 15) is 5.11 Å². The van der Waals surface area contributed by atoms with Gasteiger partial charge in [0.25, 0.3) is 0 Å². The molecule has 0 spiro atoms. The Labute approximate surface area is 115 Å². The van der Waals surface area contributed by atoms with Crippen molar-refractivity contribution in [3.8, 4) is 6.19 Å². The van der Waals surface area contributed by atoms with E-state index in [0.29, 0.717) is 18.1 Å². The number of nitrogens with one attached hydrogen (secondary N) is 2. The second kappa shape index (κ2) is 6.56. The minimum atomic E-state index is -0.567. The van der Waals surface area contributed by atoms with Crippen LogP contribution in [0.25, 0.3) is 0 Å². The second-order valence-corrected chi connectivity index (χ2v) is 4.85. The molecule has 2 heterocycles. The molecule has 0 amide bonds. The Morgan fingerprint density at radius 2 is 2.68 bits per heavy atom. The largest absolute Gasteiger partial charge is 0.390 e. The number of H-pyrrole nitrogens is 1. The average molecular weight is 281 g/mol. The average Bonchev–Trinajstić information content (AvgIpc) is 3.04. The zero-order valence-corrected chi connectivity index (χ0v) is 11.2. The molecule has 19 heavy (non-hydrogen) atoms. The predicted molar refractivity (Wildman–Crippen MR) is 71.4 cm³/mol. The van der Waals surface area contributed by atoms with Gasteiger partial charge in [-0.15, -0.1) is 0 Å². The van der Waals surface area contributed by atoms with Gasteiger partial charge in [0.2, 0.25) is 0 Å². The van der Waals surface area contributed by atoms with Crippen LogP contribution in [-0.4, -0.2) is 45.3 Å². The van der Waals surface area contributed by atoms with Gasteiger partial charge in [0, 0.05) is 6.42 Å². The lowest BCUT2D eigenvalue weighted by Gasteiger charge is -2.12. The van der Waals surface area contributed by atoms with Gasteiger partial charge in [0.1, 0.15) is 12.2 Å². The molecule has 1 fully saturated rings. The van der Waals surface area contributed by atoms with Gasteiger partial charge in [-0.3, -0.25) is 10.3 Å². The normalized spacial score (nSPS) is 27.2. The lowest BCUT2D eigenvalue weighted by atomic mass is 10.1. The van der Waals surface area contributed by atoms with Gasteiger partial charge in [0.15, 0.2) is 11.4 Å². The fourth-order valence-corrected chi connectivity index (χ4v) is 2.26. The smallest absolute Gasteiger partial charge is 0.183 e. The maximum absolute atomic E-state index is 9.95. The second-order valence-electron chi connectivity index (χ2n) is 4.06. The van der Waals surface area contributed by atoms with Crippen molar-refractivity contribution in [2.24, 2.45) is 4.99 Å². The molecule has 1 aromatic heterocycles. The summed E-state index contributed by atoms with van der Waals surface area (Å²) in [5.41, 5.74) is 0.853. The van der Waals surface area contributed by atoms with Crippen molar-refractivity contribution in [1.29, 1.82) is 5.26 Å². The molecule has 1 aliphatic heterocycles. The lowest BCUT2D eigenvalue weighted by Crippen LogP contribution is -2.25. The molecule has 0 bridgehead atoms. The van der Waals surface area contributed by atoms with E-state index in [0.717, 1.165) is 5.69 Å². The molecule has 3 atom stereocenters. The van der Waals surface area contributed by atoms with Crippen LogP contribution in [0.4, 0.5) is 0 Å². The van der Waals surface area contributed by atoms with Crippen molar-refractivity contribution in [1.82, 2.24) is 15.3 Å². The molecule has 0 unspecified atom stereocenters.